The van der Waals surface area contributed by atoms with E-state index in [9.17, 15) is 0 Å². The van der Waals surface area contributed by atoms with E-state index in [-0.39, 0.29) is 19.1 Å². The Morgan fingerprint density at radius 1 is 0.510 bits per heavy atom. The summed E-state index contributed by atoms with van der Waals surface area (Å²) >= 11 is -4.84. The number of anilines is 2. The minimum absolute atomic E-state index is 0.149. The molecular weight excluding hydrogens is 656 g/mol. The topological polar surface area (TPSA) is 24.1 Å². The second kappa shape index (κ2) is 21.0. The SMILES string of the molecule is CCCCCCCCCCNc1ccc(F)[c]([Ti]([C]2=CC=CC2)([C]2=CC=CC2)[c]2c(F)ccc(NCCCCCCCCCC)c2F)c1F. The van der Waals surface area contributed by atoms with Gasteiger partial charge in [-0.3, -0.25) is 0 Å². The summed E-state index contributed by atoms with van der Waals surface area (Å²) in [7, 11) is 0. The van der Waals surface area contributed by atoms with E-state index in [2.05, 4.69) is 24.5 Å². The van der Waals surface area contributed by atoms with E-state index in [0.29, 0.717) is 25.9 Å². The molecule has 2 aliphatic carbocycles. The molecule has 0 aliphatic heterocycles. The molecule has 0 radical (unpaired) electrons. The van der Waals surface area contributed by atoms with Gasteiger partial charge in [0.1, 0.15) is 0 Å². The molecule has 0 aromatic heterocycles. The Morgan fingerprint density at radius 3 is 1.22 bits per heavy atom. The molecule has 0 bridgehead atoms. The Hall–Kier alpha value is -2.57. The molecule has 49 heavy (non-hydrogen) atoms. The molecule has 0 saturated heterocycles. The van der Waals surface area contributed by atoms with Crippen LogP contribution < -0.4 is 18.4 Å². The first-order valence-corrected chi connectivity index (χ1v) is 22.3. The quantitative estimate of drug-likeness (QED) is 0.0643. The fraction of sp³-hybridized carbons (Fsp3) is 0.524. The van der Waals surface area contributed by atoms with Gasteiger partial charge >= 0.3 is 271 Å². The Morgan fingerprint density at radius 2 is 0.878 bits per heavy atom. The second-order valence-electron chi connectivity index (χ2n) is 13.8. The summed E-state index contributed by atoms with van der Waals surface area (Å²) < 4.78 is 67.7. The van der Waals surface area contributed by atoms with Crippen LogP contribution in [0.5, 0.6) is 0 Å². The van der Waals surface area contributed by atoms with Crippen LogP contribution in [0.2, 0.25) is 0 Å². The number of benzene rings is 2. The third kappa shape index (κ3) is 10.3. The molecule has 2 nitrogen and oxygen atoms in total. The summed E-state index contributed by atoms with van der Waals surface area (Å²) in [6.07, 6.45) is 30.5. The van der Waals surface area contributed by atoms with Crippen LogP contribution in [0.1, 0.15) is 129 Å². The van der Waals surface area contributed by atoms with E-state index in [4.69, 9.17) is 0 Å². The van der Waals surface area contributed by atoms with Crippen LogP contribution in [0, 0.1) is 23.3 Å². The molecule has 0 saturated carbocycles. The van der Waals surface area contributed by atoms with E-state index in [1.54, 1.807) is 0 Å². The molecule has 2 aromatic carbocycles. The summed E-state index contributed by atoms with van der Waals surface area (Å²) in [5.41, 5.74) is 0.384. The Kier molecular flexibility index (Phi) is 16.8. The van der Waals surface area contributed by atoms with Gasteiger partial charge in [-0.05, 0) is 0 Å². The monoisotopic (exact) mass is 714 g/mol. The number of halogens is 4. The Bertz CT molecular complexity index is 1350. The first-order valence-electron chi connectivity index (χ1n) is 19.1. The zero-order valence-electron chi connectivity index (χ0n) is 29.9. The minimum atomic E-state index is -4.84. The first kappa shape index (κ1) is 39.2. The predicted octanol–water partition coefficient (Wildman–Crippen LogP) is 12.1. The zero-order chi connectivity index (χ0) is 34.9. The van der Waals surface area contributed by atoms with Crippen molar-refractivity contribution in [2.45, 2.75) is 129 Å². The van der Waals surface area contributed by atoms with Gasteiger partial charge < -0.3 is 0 Å². The molecule has 0 amide bonds. The second-order valence-corrected chi connectivity index (χ2v) is 19.7. The van der Waals surface area contributed by atoms with Crippen LogP contribution in [-0.2, 0) is 16.6 Å². The van der Waals surface area contributed by atoms with Crippen molar-refractivity contribution in [1.29, 1.82) is 0 Å². The van der Waals surface area contributed by atoms with Crippen LogP contribution in [0.4, 0.5) is 28.9 Å². The summed E-state index contributed by atoms with van der Waals surface area (Å²) in [6, 6.07) is 5.42. The van der Waals surface area contributed by atoms with Crippen molar-refractivity contribution < 1.29 is 34.2 Å². The van der Waals surface area contributed by atoms with E-state index < -0.39 is 39.9 Å². The molecule has 4 rings (SSSR count). The molecule has 0 heterocycles. The van der Waals surface area contributed by atoms with Gasteiger partial charge in [0.15, 0.2) is 0 Å². The summed E-state index contributed by atoms with van der Waals surface area (Å²) in [5, 5.41) is 6.43. The number of allylic oxidation sites excluding steroid dienone is 8. The molecule has 2 aliphatic rings. The summed E-state index contributed by atoms with van der Waals surface area (Å²) in [5.74, 6) is -2.94. The van der Waals surface area contributed by atoms with E-state index in [1.165, 1.54) is 88.5 Å². The van der Waals surface area contributed by atoms with E-state index in [1.807, 2.05) is 36.5 Å². The molecule has 2 aromatic rings. The third-order valence-electron chi connectivity index (χ3n) is 10.1. The van der Waals surface area contributed by atoms with Crippen LogP contribution in [0.3, 0.4) is 0 Å². The molecule has 0 spiro atoms. The van der Waals surface area contributed by atoms with Crippen LogP contribution >= 0.6 is 0 Å². The van der Waals surface area contributed by atoms with Crippen molar-refractivity contribution in [2.75, 3.05) is 23.7 Å². The molecular formula is C42H58F4N2Ti. The van der Waals surface area contributed by atoms with E-state index >= 15 is 17.6 Å². The van der Waals surface area contributed by atoms with Crippen molar-refractivity contribution in [2.24, 2.45) is 0 Å². The standard InChI is InChI=1S/2C16H24F2N.2C5H5.Ti/c2*1-2-3-4-5-6-7-8-9-12-19-16-11-10-14(17)13-15(16)18;2*1-2-4-5-3-1;/h2*10-11,19H,2-9,12H2,1H3;2*1-3H,4H2;. The Balaban J connectivity index is 1.62. The van der Waals surface area contributed by atoms with Crippen LogP contribution in [-0.4, -0.2) is 13.1 Å². The van der Waals surface area contributed by atoms with E-state index in [0.717, 1.165) is 46.3 Å². The van der Waals surface area contributed by atoms with Gasteiger partial charge in [0.2, 0.25) is 0 Å². The van der Waals surface area contributed by atoms with Crippen molar-refractivity contribution in [1.82, 2.24) is 0 Å². The molecule has 2 N–H and O–H groups in total. The fourth-order valence-electron chi connectivity index (χ4n) is 7.45. The number of hydrogen-bond acceptors (Lipinski definition) is 2. The number of rotatable bonds is 24. The summed E-state index contributed by atoms with van der Waals surface area (Å²) in [6.45, 7) is 5.52. The van der Waals surface area contributed by atoms with Crippen molar-refractivity contribution in [3.63, 3.8) is 0 Å². The Labute approximate surface area is 297 Å². The zero-order valence-corrected chi connectivity index (χ0v) is 31.5. The van der Waals surface area contributed by atoms with Gasteiger partial charge in [-0.25, -0.2) is 0 Å². The average Bonchev–Trinajstić information content (AvgIpc) is 3.84. The van der Waals surface area contributed by atoms with Gasteiger partial charge in [0.05, 0.1) is 0 Å². The molecule has 0 unspecified atom stereocenters. The maximum atomic E-state index is 16.9. The third-order valence-corrected chi connectivity index (χ3v) is 18.1. The van der Waals surface area contributed by atoms with Gasteiger partial charge in [0, 0.05) is 0 Å². The molecule has 268 valence electrons. The first-order chi connectivity index (χ1) is 24.0. The molecule has 0 atom stereocenters. The predicted molar refractivity (Wildman–Crippen MR) is 198 cm³/mol. The van der Waals surface area contributed by atoms with Crippen molar-refractivity contribution in [3.8, 4) is 0 Å². The van der Waals surface area contributed by atoms with Crippen LogP contribution in [0.15, 0.2) is 68.5 Å². The number of hydrogen-bond donors (Lipinski definition) is 2. The normalized spacial score (nSPS) is 14.1. The fourth-order valence-corrected chi connectivity index (χ4v) is 15.7. The van der Waals surface area contributed by atoms with Crippen molar-refractivity contribution in [3.05, 3.63) is 91.7 Å². The van der Waals surface area contributed by atoms with Gasteiger partial charge in [-0.15, -0.1) is 0 Å². The average molecular weight is 715 g/mol. The number of unbranched alkanes of at least 4 members (excludes halogenated alkanes) is 14. The maximum absolute atomic E-state index is 16.9. The summed E-state index contributed by atoms with van der Waals surface area (Å²) in [4.78, 5) is 0. The van der Waals surface area contributed by atoms with Gasteiger partial charge in [0.25, 0.3) is 0 Å². The van der Waals surface area contributed by atoms with Crippen molar-refractivity contribution >= 4 is 19.1 Å². The molecule has 7 heteroatoms. The van der Waals surface area contributed by atoms with Gasteiger partial charge in [-0.2, -0.15) is 0 Å². The van der Waals surface area contributed by atoms with Crippen LogP contribution in [0.25, 0.3) is 0 Å². The number of nitrogens with one attached hydrogen (secondary N) is 2. The molecule has 0 fully saturated rings. The van der Waals surface area contributed by atoms with Gasteiger partial charge in [-0.1, -0.05) is 26.7 Å².